The Labute approximate surface area is 89.7 Å². The molecule has 1 aromatic heterocycles. The maximum absolute atomic E-state index is 9.26. The van der Waals surface area contributed by atoms with Gasteiger partial charge < -0.3 is 15.7 Å². The zero-order chi connectivity index (χ0) is 10.7. The number of nitrogens with zero attached hydrogens (tertiary/aromatic N) is 2. The first kappa shape index (κ1) is 10.4. The van der Waals surface area contributed by atoms with Gasteiger partial charge in [0.1, 0.15) is 5.82 Å². The molecule has 0 radical (unpaired) electrons. The fourth-order valence-corrected chi connectivity index (χ4v) is 2.15. The summed E-state index contributed by atoms with van der Waals surface area (Å²) in [5.74, 6) is 0.941. The summed E-state index contributed by atoms with van der Waals surface area (Å²) < 4.78 is 0. The Bertz CT molecular complexity index is 329. The molecule has 0 bridgehead atoms. The zero-order valence-corrected chi connectivity index (χ0v) is 8.76. The highest BCUT2D eigenvalue weighted by molar-refractivity contribution is 5.48. The maximum atomic E-state index is 9.26. The quantitative estimate of drug-likeness (QED) is 0.757. The van der Waals surface area contributed by atoms with Crippen LogP contribution in [0.3, 0.4) is 0 Å². The summed E-state index contributed by atoms with van der Waals surface area (Å²) in [6, 6.07) is 4.11. The first-order valence-corrected chi connectivity index (χ1v) is 5.38. The molecule has 1 fully saturated rings. The van der Waals surface area contributed by atoms with Crippen LogP contribution < -0.4 is 10.6 Å². The fourth-order valence-electron chi connectivity index (χ4n) is 2.15. The molecule has 1 aromatic rings. The van der Waals surface area contributed by atoms with Crippen molar-refractivity contribution in [1.82, 2.24) is 4.98 Å². The van der Waals surface area contributed by atoms with E-state index in [0.717, 1.165) is 30.8 Å². The van der Waals surface area contributed by atoms with Crippen molar-refractivity contribution in [3.8, 4) is 0 Å². The second-order valence-corrected chi connectivity index (χ2v) is 3.86. The third-order valence-electron chi connectivity index (χ3n) is 2.95. The van der Waals surface area contributed by atoms with Crippen molar-refractivity contribution < 1.29 is 5.11 Å². The summed E-state index contributed by atoms with van der Waals surface area (Å²) in [7, 11) is 0. The minimum Gasteiger partial charge on any atom is -0.394 e. The normalized spacial score (nSPS) is 20.9. The molecule has 1 aliphatic rings. The fraction of sp³-hybridized carbons (Fsp3) is 0.545. The SMILES string of the molecule is NCc1cccnc1N1CCCC1CO. The standard InChI is InChI=1S/C11H17N3O/c12-7-9-3-1-5-13-11(9)14-6-2-4-10(14)8-15/h1,3,5,10,15H,2,4,6-8,12H2. The molecule has 0 amide bonds. The molecule has 1 aliphatic heterocycles. The number of aliphatic hydroxyl groups excluding tert-OH is 1. The van der Waals surface area contributed by atoms with Gasteiger partial charge in [0.25, 0.3) is 0 Å². The highest BCUT2D eigenvalue weighted by atomic mass is 16.3. The highest BCUT2D eigenvalue weighted by Crippen LogP contribution is 2.25. The van der Waals surface area contributed by atoms with E-state index in [0.29, 0.717) is 6.54 Å². The lowest BCUT2D eigenvalue weighted by atomic mass is 10.2. The predicted octanol–water partition coefficient (Wildman–Crippen LogP) is 0.501. The Kier molecular flexibility index (Phi) is 3.18. The Morgan fingerprint density at radius 3 is 3.20 bits per heavy atom. The van der Waals surface area contributed by atoms with Crippen LogP contribution in [-0.4, -0.2) is 29.3 Å². The predicted molar refractivity (Wildman–Crippen MR) is 59.6 cm³/mol. The number of aromatic nitrogens is 1. The van der Waals surface area contributed by atoms with Gasteiger partial charge in [0.2, 0.25) is 0 Å². The molecule has 0 aromatic carbocycles. The first-order valence-electron chi connectivity index (χ1n) is 5.38. The lowest BCUT2D eigenvalue weighted by Crippen LogP contribution is -2.33. The second-order valence-electron chi connectivity index (χ2n) is 3.86. The number of hydrogen-bond acceptors (Lipinski definition) is 4. The second kappa shape index (κ2) is 4.59. The molecule has 0 spiro atoms. The van der Waals surface area contributed by atoms with Gasteiger partial charge in [0.05, 0.1) is 12.6 Å². The van der Waals surface area contributed by atoms with Crippen LogP contribution in [0.1, 0.15) is 18.4 Å². The largest absolute Gasteiger partial charge is 0.394 e. The molecular weight excluding hydrogens is 190 g/mol. The molecule has 1 unspecified atom stereocenters. The molecular formula is C11H17N3O. The van der Waals surface area contributed by atoms with E-state index in [-0.39, 0.29) is 12.6 Å². The van der Waals surface area contributed by atoms with Gasteiger partial charge >= 0.3 is 0 Å². The van der Waals surface area contributed by atoms with Gasteiger partial charge in [-0.25, -0.2) is 4.98 Å². The Balaban J connectivity index is 2.27. The number of nitrogens with two attached hydrogens (primary N) is 1. The van der Waals surface area contributed by atoms with E-state index in [1.807, 2.05) is 12.1 Å². The molecule has 0 aliphatic carbocycles. The van der Waals surface area contributed by atoms with Gasteiger partial charge in [-0.3, -0.25) is 0 Å². The molecule has 4 nitrogen and oxygen atoms in total. The van der Waals surface area contributed by atoms with E-state index in [9.17, 15) is 5.11 Å². The van der Waals surface area contributed by atoms with Crippen LogP contribution in [0.15, 0.2) is 18.3 Å². The van der Waals surface area contributed by atoms with Gasteiger partial charge in [0, 0.05) is 24.8 Å². The lowest BCUT2D eigenvalue weighted by Gasteiger charge is -2.25. The number of anilines is 1. The zero-order valence-electron chi connectivity index (χ0n) is 8.76. The Morgan fingerprint density at radius 1 is 1.60 bits per heavy atom. The van der Waals surface area contributed by atoms with Crippen LogP contribution in [0.5, 0.6) is 0 Å². The third kappa shape index (κ3) is 1.96. The van der Waals surface area contributed by atoms with Crippen molar-refractivity contribution in [2.24, 2.45) is 5.73 Å². The van der Waals surface area contributed by atoms with Crippen molar-refractivity contribution in [3.63, 3.8) is 0 Å². The van der Waals surface area contributed by atoms with E-state index in [1.54, 1.807) is 6.20 Å². The van der Waals surface area contributed by atoms with E-state index < -0.39 is 0 Å². The third-order valence-corrected chi connectivity index (χ3v) is 2.95. The molecule has 4 heteroatoms. The summed E-state index contributed by atoms with van der Waals surface area (Å²) in [5.41, 5.74) is 6.73. The molecule has 2 heterocycles. The highest BCUT2D eigenvalue weighted by Gasteiger charge is 2.25. The number of rotatable bonds is 3. The summed E-state index contributed by atoms with van der Waals surface area (Å²) in [4.78, 5) is 6.53. The lowest BCUT2D eigenvalue weighted by molar-refractivity contribution is 0.266. The van der Waals surface area contributed by atoms with Gasteiger partial charge in [-0.15, -0.1) is 0 Å². The maximum Gasteiger partial charge on any atom is 0.133 e. The van der Waals surface area contributed by atoms with Crippen LogP contribution >= 0.6 is 0 Å². The Morgan fingerprint density at radius 2 is 2.47 bits per heavy atom. The molecule has 3 N–H and O–H groups in total. The monoisotopic (exact) mass is 207 g/mol. The van der Waals surface area contributed by atoms with Crippen LogP contribution in [0, 0.1) is 0 Å². The number of pyridine rings is 1. The van der Waals surface area contributed by atoms with Crippen molar-refractivity contribution in [2.75, 3.05) is 18.1 Å². The van der Waals surface area contributed by atoms with E-state index in [4.69, 9.17) is 5.73 Å². The minimum absolute atomic E-state index is 0.195. The summed E-state index contributed by atoms with van der Waals surface area (Å²) >= 11 is 0. The van der Waals surface area contributed by atoms with Crippen LogP contribution in [0.25, 0.3) is 0 Å². The van der Waals surface area contributed by atoms with Crippen molar-refractivity contribution in [3.05, 3.63) is 23.9 Å². The summed E-state index contributed by atoms with van der Waals surface area (Å²) in [6.07, 6.45) is 3.93. The van der Waals surface area contributed by atoms with E-state index >= 15 is 0 Å². The first-order chi connectivity index (χ1) is 7.36. The van der Waals surface area contributed by atoms with Gasteiger partial charge in [0.15, 0.2) is 0 Å². The summed E-state index contributed by atoms with van der Waals surface area (Å²) in [5, 5.41) is 9.26. The molecule has 1 atom stereocenters. The molecule has 0 saturated carbocycles. The van der Waals surface area contributed by atoms with Crippen LogP contribution in [0.2, 0.25) is 0 Å². The molecule has 1 saturated heterocycles. The van der Waals surface area contributed by atoms with Crippen molar-refractivity contribution >= 4 is 5.82 Å². The molecule has 82 valence electrons. The molecule has 2 rings (SSSR count). The summed E-state index contributed by atoms with van der Waals surface area (Å²) in [6.45, 7) is 1.66. The van der Waals surface area contributed by atoms with E-state index in [2.05, 4.69) is 9.88 Å². The minimum atomic E-state index is 0.195. The van der Waals surface area contributed by atoms with Crippen molar-refractivity contribution in [2.45, 2.75) is 25.4 Å². The van der Waals surface area contributed by atoms with Gasteiger partial charge in [-0.05, 0) is 18.9 Å². The average Bonchev–Trinajstić information content (AvgIpc) is 2.76. The van der Waals surface area contributed by atoms with Gasteiger partial charge in [-0.2, -0.15) is 0 Å². The van der Waals surface area contributed by atoms with Gasteiger partial charge in [-0.1, -0.05) is 6.07 Å². The van der Waals surface area contributed by atoms with Crippen LogP contribution in [-0.2, 0) is 6.54 Å². The van der Waals surface area contributed by atoms with E-state index in [1.165, 1.54) is 0 Å². The van der Waals surface area contributed by atoms with Crippen LogP contribution in [0.4, 0.5) is 5.82 Å². The number of aliphatic hydroxyl groups is 1. The molecule has 15 heavy (non-hydrogen) atoms. The average molecular weight is 207 g/mol. The number of hydrogen-bond donors (Lipinski definition) is 2. The topological polar surface area (TPSA) is 62.4 Å². The smallest absolute Gasteiger partial charge is 0.133 e. The van der Waals surface area contributed by atoms with Crippen molar-refractivity contribution in [1.29, 1.82) is 0 Å². The Hall–Kier alpha value is -1.13.